The number of ketones is 1. The van der Waals surface area contributed by atoms with Crippen LogP contribution in [0.2, 0.25) is 0 Å². The Hall–Kier alpha value is -0.280. The van der Waals surface area contributed by atoms with Gasteiger partial charge >= 0.3 is 0 Å². The van der Waals surface area contributed by atoms with Gasteiger partial charge in [-0.05, 0) is 30.7 Å². The van der Waals surface area contributed by atoms with Crippen LogP contribution in [0.5, 0.6) is 0 Å². The molecule has 0 aliphatic rings. The van der Waals surface area contributed by atoms with Crippen molar-refractivity contribution in [1.82, 2.24) is 0 Å². The van der Waals surface area contributed by atoms with Crippen molar-refractivity contribution >= 4 is 33.5 Å². The number of Topliss-reactive ketones (excluding diaryl/α,β-unsaturated/α-hetero) is 1. The van der Waals surface area contributed by atoms with E-state index in [4.69, 9.17) is 0 Å². The van der Waals surface area contributed by atoms with E-state index in [1.165, 1.54) is 37.0 Å². The summed E-state index contributed by atoms with van der Waals surface area (Å²) in [6.45, 7) is 2.23. The summed E-state index contributed by atoms with van der Waals surface area (Å²) in [5.41, 5.74) is 0. The van der Waals surface area contributed by atoms with Gasteiger partial charge in [-0.2, -0.15) is 0 Å². The molecule has 1 aromatic carbocycles. The summed E-state index contributed by atoms with van der Waals surface area (Å²) in [5, 5.41) is 0. The van der Waals surface area contributed by atoms with Crippen LogP contribution < -0.4 is 0 Å². The van der Waals surface area contributed by atoms with Crippen LogP contribution in [0.3, 0.4) is 0 Å². The zero-order valence-corrected chi connectivity index (χ0v) is 14.1. The monoisotopic (exact) mass is 342 g/mol. The van der Waals surface area contributed by atoms with E-state index in [1.807, 2.05) is 24.3 Å². The predicted octanol–water partition coefficient (Wildman–Crippen LogP) is 5.86. The summed E-state index contributed by atoms with van der Waals surface area (Å²) < 4.78 is 1.08. The third-order valence-corrected chi connectivity index (χ3v) is 4.62. The summed E-state index contributed by atoms with van der Waals surface area (Å²) in [7, 11) is 0. The smallest absolute Gasteiger partial charge is 0.143 e. The van der Waals surface area contributed by atoms with Gasteiger partial charge in [0.05, 0.1) is 5.75 Å². The first-order valence-electron chi connectivity index (χ1n) is 7.12. The Morgan fingerprint density at radius 3 is 2.37 bits per heavy atom. The summed E-state index contributed by atoms with van der Waals surface area (Å²) in [5.74, 6) is 0.986. The van der Waals surface area contributed by atoms with Crippen LogP contribution in [0.25, 0.3) is 0 Å². The number of hydrogen-bond donors (Lipinski definition) is 0. The molecule has 0 aromatic heterocycles. The van der Waals surface area contributed by atoms with Gasteiger partial charge in [0.2, 0.25) is 0 Å². The Kier molecular flexibility index (Phi) is 9.27. The Balaban J connectivity index is 2.06. The maximum atomic E-state index is 11.7. The molecule has 106 valence electrons. The van der Waals surface area contributed by atoms with Gasteiger partial charge in [0.25, 0.3) is 0 Å². The number of hydrogen-bond acceptors (Lipinski definition) is 2. The molecular weight excluding hydrogens is 320 g/mol. The number of thioether (sulfide) groups is 1. The van der Waals surface area contributed by atoms with Crippen molar-refractivity contribution in [3.8, 4) is 0 Å². The Morgan fingerprint density at radius 2 is 1.68 bits per heavy atom. The van der Waals surface area contributed by atoms with Gasteiger partial charge in [-0.25, -0.2) is 0 Å². The van der Waals surface area contributed by atoms with E-state index in [0.717, 1.165) is 17.3 Å². The van der Waals surface area contributed by atoms with Crippen molar-refractivity contribution in [1.29, 1.82) is 0 Å². The first-order chi connectivity index (χ1) is 9.22. The lowest BCUT2D eigenvalue weighted by Gasteiger charge is -2.02. The summed E-state index contributed by atoms with van der Waals surface area (Å²) in [4.78, 5) is 12.9. The SMILES string of the molecule is CCCCCCCCC(=O)CSc1ccc(Br)cc1. The quantitative estimate of drug-likeness (QED) is 0.391. The topological polar surface area (TPSA) is 17.1 Å². The molecular formula is C16H23BrOS. The molecule has 0 amide bonds. The maximum absolute atomic E-state index is 11.7. The lowest BCUT2D eigenvalue weighted by atomic mass is 10.1. The predicted molar refractivity (Wildman–Crippen MR) is 87.9 cm³/mol. The zero-order valence-electron chi connectivity index (χ0n) is 11.7. The molecule has 1 aromatic rings. The molecule has 0 spiro atoms. The molecule has 0 unspecified atom stereocenters. The number of halogens is 1. The highest BCUT2D eigenvalue weighted by molar-refractivity contribution is 9.10. The molecule has 0 aliphatic carbocycles. The first-order valence-corrected chi connectivity index (χ1v) is 8.90. The molecule has 1 rings (SSSR count). The van der Waals surface area contributed by atoms with Crippen LogP contribution in [-0.4, -0.2) is 11.5 Å². The standard InChI is InChI=1S/C16H23BrOS/c1-2-3-4-5-6-7-8-15(18)13-19-16-11-9-14(17)10-12-16/h9-12H,2-8,13H2,1H3. The lowest BCUT2D eigenvalue weighted by Crippen LogP contribution is -2.00. The normalized spacial score (nSPS) is 10.6. The lowest BCUT2D eigenvalue weighted by molar-refractivity contribution is -0.116. The molecule has 0 bridgehead atoms. The van der Waals surface area contributed by atoms with E-state index in [1.54, 1.807) is 11.8 Å². The van der Waals surface area contributed by atoms with E-state index in [2.05, 4.69) is 22.9 Å². The second-order valence-electron chi connectivity index (χ2n) is 4.80. The van der Waals surface area contributed by atoms with Crippen molar-refractivity contribution in [3.05, 3.63) is 28.7 Å². The number of carbonyl (C=O) groups is 1. The van der Waals surface area contributed by atoms with Crippen LogP contribution in [-0.2, 0) is 4.79 Å². The molecule has 0 fully saturated rings. The molecule has 19 heavy (non-hydrogen) atoms. The summed E-state index contributed by atoms with van der Waals surface area (Å²) >= 11 is 5.05. The number of benzene rings is 1. The van der Waals surface area contributed by atoms with Gasteiger partial charge in [-0.1, -0.05) is 55.0 Å². The average Bonchev–Trinajstić information content (AvgIpc) is 2.42. The highest BCUT2D eigenvalue weighted by atomic mass is 79.9. The molecule has 0 N–H and O–H groups in total. The molecule has 1 nitrogen and oxygen atoms in total. The Morgan fingerprint density at radius 1 is 1.05 bits per heavy atom. The second-order valence-corrected chi connectivity index (χ2v) is 6.76. The van der Waals surface area contributed by atoms with Gasteiger partial charge in [0.1, 0.15) is 5.78 Å². The van der Waals surface area contributed by atoms with Gasteiger partial charge < -0.3 is 0 Å². The van der Waals surface area contributed by atoms with Gasteiger partial charge in [0, 0.05) is 15.8 Å². The van der Waals surface area contributed by atoms with Crippen molar-refractivity contribution in [2.45, 2.75) is 56.8 Å². The molecule has 0 radical (unpaired) electrons. The third-order valence-electron chi connectivity index (χ3n) is 3.02. The van der Waals surface area contributed by atoms with Crippen molar-refractivity contribution in [3.63, 3.8) is 0 Å². The van der Waals surface area contributed by atoms with Crippen LogP contribution in [0, 0.1) is 0 Å². The second kappa shape index (κ2) is 10.5. The van der Waals surface area contributed by atoms with Gasteiger partial charge in [0.15, 0.2) is 0 Å². The number of carbonyl (C=O) groups excluding carboxylic acids is 1. The van der Waals surface area contributed by atoms with Gasteiger partial charge in [-0.3, -0.25) is 4.79 Å². The van der Waals surface area contributed by atoms with Crippen molar-refractivity contribution in [2.75, 3.05) is 5.75 Å². The van der Waals surface area contributed by atoms with E-state index < -0.39 is 0 Å². The molecule has 0 heterocycles. The third kappa shape index (κ3) is 8.48. The fourth-order valence-corrected chi connectivity index (χ4v) is 2.93. The minimum absolute atomic E-state index is 0.378. The van der Waals surface area contributed by atoms with Gasteiger partial charge in [-0.15, -0.1) is 11.8 Å². The molecule has 3 heteroatoms. The molecule has 0 aliphatic heterocycles. The van der Waals surface area contributed by atoms with E-state index >= 15 is 0 Å². The maximum Gasteiger partial charge on any atom is 0.143 e. The van der Waals surface area contributed by atoms with E-state index in [-0.39, 0.29) is 0 Å². The molecule has 0 saturated heterocycles. The fourth-order valence-electron chi connectivity index (χ4n) is 1.87. The van der Waals surface area contributed by atoms with Crippen LogP contribution in [0.1, 0.15) is 51.9 Å². The minimum Gasteiger partial charge on any atom is -0.299 e. The molecule has 0 atom stereocenters. The first kappa shape index (κ1) is 16.8. The largest absolute Gasteiger partial charge is 0.299 e. The zero-order chi connectivity index (χ0) is 13.9. The number of rotatable bonds is 10. The van der Waals surface area contributed by atoms with Crippen molar-refractivity contribution in [2.24, 2.45) is 0 Å². The fraction of sp³-hybridized carbons (Fsp3) is 0.562. The van der Waals surface area contributed by atoms with E-state index in [9.17, 15) is 4.79 Å². The average molecular weight is 343 g/mol. The highest BCUT2D eigenvalue weighted by Gasteiger charge is 2.03. The van der Waals surface area contributed by atoms with Crippen molar-refractivity contribution < 1.29 is 4.79 Å². The van der Waals surface area contributed by atoms with Crippen LogP contribution in [0.15, 0.2) is 33.6 Å². The minimum atomic E-state index is 0.378. The summed E-state index contributed by atoms with van der Waals surface area (Å²) in [6.07, 6.45) is 8.21. The van der Waals surface area contributed by atoms with E-state index in [0.29, 0.717) is 11.5 Å². The Labute approximate surface area is 129 Å². The molecule has 0 saturated carbocycles. The van der Waals surface area contributed by atoms with Crippen LogP contribution in [0.4, 0.5) is 0 Å². The Bertz CT molecular complexity index is 362. The summed E-state index contributed by atoms with van der Waals surface area (Å²) in [6, 6.07) is 8.13. The number of unbranched alkanes of at least 4 members (excludes halogenated alkanes) is 5. The van der Waals surface area contributed by atoms with Crippen LogP contribution >= 0.6 is 27.7 Å². The highest BCUT2D eigenvalue weighted by Crippen LogP contribution is 2.21.